The molecule has 3 rings (SSSR count). The highest BCUT2D eigenvalue weighted by molar-refractivity contribution is 7.86. The molecule has 3 aromatic rings. The lowest BCUT2D eigenvalue weighted by atomic mass is 10.2. The van der Waals surface area contributed by atoms with Gasteiger partial charge in [-0.2, -0.15) is 8.42 Å². The third-order valence-corrected chi connectivity index (χ3v) is 6.22. The summed E-state index contributed by atoms with van der Waals surface area (Å²) in [5.74, 6) is 1.10. The van der Waals surface area contributed by atoms with Crippen molar-refractivity contribution in [1.82, 2.24) is 4.98 Å². The number of nitrogens with two attached hydrogens (primary N) is 1. The third-order valence-electron chi connectivity index (χ3n) is 4.91. The van der Waals surface area contributed by atoms with Crippen LogP contribution in [0.25, 0.3) is 11.1 Å². The zero-order chi connectivity index (χ0) is 23.3. The summed E-state index contributed by atoms with van der Waals surface area (Å²) in [6, 6.07) is 9.56. The van der Waals surface area contributed by atoms with Gasteiger partial charge in [0.05, 0.1) is 11.2 Å². The van der Waals surface area contributed by atoms with Gasteiger partial charge < -0.3 is 14.9 Å². The smallest absolute Gasteiger partial charge is 0.298 e. The SMILES string of the molecule is CCCCc1nc2cc(C)c(OC/C(=C\F)C(N)OS(=O)(=O)c3ccc(C)cc3)cc2o1. The van der Waals surface area contributed by atoms with Crippen LogP contribution in [0.5, 0.6) is 5.75 Å². The fraction of sp³-hybridized carbons (Fsp3) is 0.348. The summed E-state index contributed by atoms with van der Waals surface area (Å²) in [6.45, 7) is 5.44. The van der Waals surface area contributed by atoms with Crippen molar-refractivity contribution >= 4 is 21.2 Å². The van der Waals surface area contributed by atoms with Crippen molar-refractivity contribution in [2.75, 3.05) is 6.61 Å². The molecule has 1 atom stereocenters. The molecule has 1 unspecified atom stereocenters. The Morgan fingerprint density at radius 2 is 1.97 bits per heavy atom. The second kappa shape index (κ2) is 10.2. The zero-order valence-electron chi connectivity index (χ0n) is 18.3. The van der Waals surface area contributed by atoms with Crippen molar-refractivity contribution in [2.45, 2.75) is 51.2 Å². The fourth-order valence-electron chi connectivity index (χ4n) is 2.99. The van der Waals surface area contributed by atoms with Crippen LogP contribution in [0.15, 0.2) is 57.6 Å². The molecule has 9 heteroatoms. The van der Waals surface area contributed by atoms with E-state index in [1.54, 1.807) is 18.2 Å². The molecule has 0 bridgehead atoms. The average Bonchev–Trinajstić information content (AvgIpc) is 3.14. The van der Waals surface area contributed by atoms with Crippen molar-refractivity contribution in [2.24, 2.45) is 5.73 Å². The van der Waals surface area contributed by atoms with Crippen LogP contribution < -0.4 is 10.5 Å². The Hall–Kier alpha value is -2.75. The number of hydrogen-bond donors (Lipinski definition) is 1. The van der Waals surface area contributed by atoms with E-state index in [0.29, 0.717) is 22.7 Å². The highest BCUT2D eigenvalue weighted by Gasteiger charge is 2.23. The predicted octanol–water partition coefficient (Wildman–Crippen LogP) is 4.71. The lowest BCUT2D eigenvalue weighted by Gasteiger charge is -2.17. The van der Waals surface area contributed by atoms with Crippen molar-refractivity contribution in [3.05, 3.63) is 65.3 Å². The second-order valence-electron chi connectivity index (χ2n) is 7.55. The van der Waals surface area contributed by atoms with Gasteiger partial charge in [-0.1, -0.05) is 31.0 Å². The summed E-state index contributed by atoms with van der Waals surface area (Å²) in [4.78, 5) is 4.40. The molecule has 0 aliphatic heterocycles. The molecule has 0 aliphatic carbocycles. The number of fused-ring (bicyclic) bond motifs is 1. The summed E-state index contributed by atoms with van der Waals surface area (Å²) in [5.41, 5.74) is 8.58. The van der Waals surface area contributed by atoms with Crippen LogP contribution in [-0.4, -0.2) is 26.2 Å². The van der Waals surface area contributed by atoms with Crippen LogP contribution in [0.1, 0.15) is 36.8 Å². The van der Waals surface area contributed by atoms with Crippen LogP contribution in [0.4, 0.5) is 4.39 Å². The van der Waals surface area contributed by atoms with Crippen LogP contribution in [0.3, 0.4) is 0 Å². The highest BCUT2D eigenvalue weighted by Crippen LogP contribution is 2.27. The van der Waals surface area contributed by atoms with E-state index in [1.165, 1.54) is 12.1 Å². The molecule has 0 aliphatic rings. The van der Waals surface area contributed by atoms with E-state index in [2.05, 4.69) is 11.9 Å². The van der Waals surface area contributed by atoms with Gasteiger partial charge in [-0.05, 0) is 44.0 Å². The largest absolute Gasteiger partial charge is 0.489 e. The first kappa shape index (κ1) is 23.9. The average molecular weight is 463 g/mol. The molecule has 0 saturated heterocycles. The van der Waals surface area contributed by atoms with Crippen molar-refractivity contribution in [3.63, 3.8) is 0 Å². The highest BCUT2D eigenvalue weighted by atomic mass is 32.2. The van der Waals surface area contributed by atoms with E-state index in [9.17, 15) is 12.8 Å². The second-order valence-corrected chi connectivity index (χ2v) is 9.13. The molecule has 7 nitrogen and oxygen atoms in total. The summed E-state index contributed by atoms with van der Waals surface area (Å²) in [5, 5.41) is 0. The van der Waals surface area contributed by atoms with Crippen LogP contribution in [0.2, 0.25) is 0 Å². The van der Waals surface area contributed by atoms with Gasteiger partial charge in [-0.3, -0.25) is 0 Å². The normalized spacial score (nSPS) is 13.5. The molecule has 2 aromatic carbocycles. The van der Waals surface area contributed by atoms with Crippen LogP contribution >= 0.6 is 0 Å². The number of benzene rings is 2. The molecule has 0 fully saturated rings. The van der Waals surface area contributed by atoms with E-state index in [4.69, 9.17) is 19.1 Å². The van der Waals surface area contributed by atoms with E-state index in [0.717, 1.165) is 30.4 Å². The first-order valence-corrected chi connectivity index (χ1v) is 11.7. The Bertz CT molecular complexity index is 1200. The minimum atomic E-state index is -4.17. The van der Waals surface area contributed by atoms with E-state index < -0.39 is 16.3 Å². The molecule has 172 valence electrons. The van der Waals surface area contributed by atoms with Gasteiger partial charge in [0.1, 0.15) is 17.9 Å². The maximum atomic E-state index is 13.5. The Balaban J connectivity index is 1.69. The van der Waals surface area contributed by atoms with Gasteiger partial charge in [0, 0.05) is 18.1 Å². The molecule has 0 spiro atoms. The van der Waals surface area contributed by atoms with E-state index in [-0.39, 0.29) is 23.4 Å². The first-order valence-electron chi connectivity index (χ1n) is 10.3. The number of unbranched alkanes of at least 4 members (excludes halogenated alkanes) is 1. The molecule has 1 heterocycles. The number of nitrogens with zero attached hydrogens (tertiary/aromatic N) is 1. The van der Waals surface area contributed by atoms with Crippen molar-refractivity contribution in [3.8, 4) is 5.75 Å². The number of oxazole rings is 1. The standard InChI is InChI=1S/C23H27FN2O5S/c1-4-5-6-22-26-19-11-16(3)20(12-21(19)30-22)29-14-17(13-24)23(25)31-32(27,28)18-9-7-15(2)8-10-18/h7-13,23H,4-6,14,25H2,1-3H3/b17-13+. The van der Waals surface area contributed by atoms with Gasteiger partial charge in [0.2, 0.25) is 0 Å². The third kappa shape index (κ3) is 5.73. The number of rotatable bonds is 10. The molecular formula is C23H27FN2O5S. The van der Waals surface area contributed by atoms with E-state index >= 15 is 0 Å². The topological polar surface area (TPSA) is 105 Å². The minimum Gasteiger partial charge on any atom is -0.489 e. The lowest BCUT2D eigenvalue weighted by Crippen LogP contribution is -2.31. The molecule has 1 aromatic heterocycles. The van der Waals surface area contributed by atoms with Gasteiger partial charge in [0.15, 0.2) is 17.7 Å². The number of aromatic nitrogens is 1. The molecule has 0 saturated carbocycles. The number of ether oxygens (including phenoxy) is 1. The van der Waals surface area contributed by atoms with Crippen LogP contribution in [-0.2, 0) is 20.7 Å². The zero-order valence-corrected chi connectivity index (χ0v) is 19.1. The van der Waals surface area contributed by atoms with Gasteiger partial charge >= 0.3 is 0 Å². The Labute approximate surface area is 187 Å². The van der Waals surface area contributed by atoms with Gasteiger partial charge in [-0.15, -0.1) is 0 Å². The fourth-order valence-corrected chi connectivity index (χ4v) is 3.97. The van der Waals surface area contributed by atoms with E-state index in [1.807, 2.05) is 19.9 Å². The predicted molar refractivity (Wildman–Crippen MR) is 119 cm³/mol. The first-order chi connectivity index (χ1) is 15.2. The molecular weight excluding hydrogens is 435 g/mol. The number of hydrogen-bond acceptors (Lipinski definition) is 7. The quantitative estimate of drug-likeness (QED) is 0.344. The molecule has 32 heavy (non-hydrogen) atoms. The summed E-state index contributed by atoms with van der Waals surface area (Å²) in [7, 11) is -4.17. The Kier molecular flexibility index (Phi) is 7.65. The van der Waals surface area contributed by atoms with Gasteiger partial charge in [0.25, 0.3) is 10.1 Å². The molecule has 0 radical (unpaired) electrons. The number of halogens is 1. The number of aryl methyl sites for hydroxylation is 3. The Morgan fingerprint density at radius 3 is 2.62 bits per heavy atom. The van der Waals surface area contributed by atoms with Crippen LogP contribution in [0, 0.1) is 13.8 Å². The Morgan fingerprint density at radius 1 is 1.25 bits per heavy atom. The van der Waals surface area contributed by atoms with Crippen molar-refractivity contribution in [1.29, 1.82) is 0 Å². The maximum Gasteiger partial charge on any atom is 0.298 e. The lowest BCUT2D eigenvalue weighted by molar-refractivity contribution is 0.224. The molecule has 2 N–H and O–H groups in total. The maximum absolute atomic E-state index is 13.5. The summed E-state index contributed by atoms with van der Waals surface area (Å²) < 4.78 is 54.8. The van der Waals surface area contributed by atoms with Gasteiger partial charge in [-0.25, -0.2) is 13.6 Å². The monoisotopic (exact) mass is 462 g/mol. The summed E-state index contributed by atoms with van der Waals surface area (Å²) >= 11 is 0. The minimum absolute atomic E-state index is 0.0665. The molecule has 0 amide bonds. The van der Waals surface area contributed by atoms with Crippen molar-refractivity contribution < 1.29 is 26.1 Å². The summed E-state index contributed by atoms with van der Waals surface area (Å²) in [6.07, 6.45) is 1.41.